The van der Waals surface area contributed by atoms with Crippen LogP contribution in [0.15, 0.2) is 0 Å². The normalized spacial score (nSPS) is 15.7. The maximum atomic E-state index is 10.9. The summed E-state index contributed by atoms with van der Waals surface area (Å²) in [6.45, 7) is 10.9. The molecule has 0 rings (SSSR count). The van der Waals surface area contributed by atoms with E-state index in [1.165, 1.54) is 0 Å². The molecule has 0 aliphatic rings. The highest BCUT2D eigenvalue weighted by Crippen LogP contribution is 2.37. The summed E-state index contributed by atoms with van der Waals surface area (Å²) in [5, 5.41) is 0.106. The van der Waals surface area contributed by atoms with Crippen LogP contribution in [0, 0.1) is 0 Å². The molecule has 0 aliphatic heterocycles. The van der Waals surface area contributed by atoms with Gasteiger partial charge in [-0.05, 0) is 24.6 Å². The molecule has 18 heavy (non-hydrogen) atoms. The van der Waals surface area contributed by atoms with Crippen LogP contribution >= 0.6 is 11.6 Å². The monoisotopic (exact) mass is 316 g/mol. The van der Waals surface area contributed by atoms with E-state index in [1.807, 2.05) is 0 Å². The van der Waals surface area contributed by atoms with Gasteiger partial charge in [-0.3, -0.25) is 4.18 Å². The summed E-state index contributed by atoms with van der Waals surface area (Å²) in [6, 6.07) is 0. The van der Waals surface area contributed by atoms with E-state index in [2.05, 4.69) is 33.9 Å². The largest absolute Gasteiger partial charge is 0.413 e. The Balaban J connectivity index is 4.37. The van der Waals surface area contributed by atoms with Gasteiger partial charge in [0.1, 0.15) is 0 Å². The fraction of sp³-hybridized carbons (Fsp3) is 1.00. The van der Waals surface area contributed by atoms with Crippen LogP contribution in [-0.2, 0) is 18.7 Å². The first-order chi connectivity index (χ1) is 7.89. The summed E-state index contributed by atoms with van der Waals surface area (Å²) in [6.07, 6.45) is 1.37. The lowest BCUT2D eigenvalue weighted by Gasteiger charge is -2.38. The highest BCUT2D eigenvalue weighted by Gasteiger charge is 2.38. The van der Waals surface area contributed by atoms with E-state index in [0.29, 0.717) is 12.3 Å². The minimum Gasteiger partial charge on any atom is -0.413 e. The van der Waals surface area contributed by atoms with Gasteiger partial charge in [0.2, 0.25) is 0 Å². The molecule has 0 heterocycles. The van der Waals surface area contributed by atoms with Gasteiger partial charge in [-0.2, -0.15) is 8.42 Å². The van der Waals surface area contributed by atoms with Gasteiger partial charge in [-0.15, -0.1) is 11.6 Å². The minimum atomic E-state index is -3.39. The minimum absolute atomic E-state index is 0.106. The van der Waals surface area contributed by atoms with Crippen LogP contribution in [0.2, 0.25) is 18.1 Å². The van der Waals surface area contributed by atoms with Crippen LogP contribution in [0.5, 0.6) is 0 Å². The molecule has 0 aromatic carbocycles. The Kier molecular flexibility index (Phi) is 6.84. The highest BCUT2D eigenvalue weighted by molar-refractivity contribution is 7.85. The highest BCUT2D eigenvalue weighted by atomic mass is 35.5. The molecule has 0 fully saturated rings. The van der Waals surface area contributed by atoms with Crippen LogP contribution in [0.4, 0.5) is 0 Å². The Hall–Kier alpha value is 0.377. The van der Waals surface area contributed by atoms with Crippen molar-refractivity contribution in [1.82, 2.24) is 0 Å². The van der Waals surface area contributed by atoms with Crippen molar-refractivity contribution in [2.75, 3.05) is 18.7 Å². The van der Waals surface area contributed by atoms with Gasteiger partial charge in [-0.1, -0.05) is 20.8 Å². The summed E-state index contributed by atoms with van der Waals surface area (Å²) in [5.41, 5.74) is 0. The summed E-state index contributed by atoms with van der Waals surface area (Å²) >= 11 is 5.87. The SMILES string of the molecule is CC(C)(C)[Si](C)(C)O[C@H](CCl)CCOS(C)(=O)=O. The molecule has 0 bridgehead atoms. The smallest absolute Gasteiger partial charge is 0.264 e. The number of hydrogen-bond acceptors (Lipinski definition) is 4. The second kappa shape index (κ2) is 6.70. The fourth-order valence-corrected chi connectivity index (χ4v) is 3.20. The molecular formula is C11H25ClO4SSi. The molecule has 0 radical (unpaired) electrons. The van der Waals surface area contributed by atoms with Crippen molar-refractivity contribution in [3.63, 3.8) is 0 Å². The van der Waals surface area contributed by atoms with Crippen molar-refractivity contribution in [2.24, 2.45) is 0 Å². The van der Waals surface area contributed by atoms with E-state index in [1.54, 1.807) is 0 Å². The van der Waals surface area contributed by atoms with Gasteiger partial charge in [0, 0.05) is 5.88 Å². The molecule has 1 atom stereocenters. The number of rotatable bonds is 7. The molecule has 0 amide bonds. The molecule has 0 saturated carbocycles. The first-order valence-corrected chi connectivity index (χ1v) is 11.2. The molecule has 0 aromatic heterocycles. The third kappa shape index (κ3) is 7.09. The Labute approximate surface area is 117 Å². The number of alkyl halides is 1. The molecular weight excluding hydrogens is 292 g/mol. The molecule has 4 nitrogen and oxygen atoms in total. The lowest BCUT2D eigenvalue weighted by Crippen LogP contribution is -2.44. The molecule has 110 valence electrons. The van der Waals surface area contributed by atoms with Crippen LogP contribution in [-0.4, -0.2) is 41.6 Å². The molecule has 0 N–H and O–H groups in total. The lowest BCUT2D eigenvalue weighted by atomic mass is 10.2. The van der Waals surface area contributed by atoms with Gasteiger partial charge in [0.15, 0.2) is 8.32 Å². The topological polar surface area (TPSA) is 52.6 Å². The fourth-order valence-electron chi connectivity index (χ4n) is 1.09. The number of halogens is 1. The molecule has 7 heteroatoms. The zero-order valence-corrected chi connectivity index (χ0v) is 14.7. The van der Waals surface area contributed by atoms with Gasteiger partial charge < -0.3 is 4.43 Å². The third-order valence-electron chi connectivity index (χ3n) is 3.18. The molecule has 0 unspecified atom stereocenters. The maximum absolute atomic E-state index is 10.9. The van der Waals surface area contributed by atoms with Crippen molar-refractivity contribution >= 4 is 30.0 Å². The first kappa shape index (κ1) is 18.4. The first-order valence-electron chi connectivity index (χ1n) is 5.97. The summed E-state index contributed by atoms with van der Waals surface area (Å²) in [7, 11) is -5.26. The standard InChI is InChI=1S/C11H25ClO4SSi/c1-11(2,3)18(5,6)16-10(9-12)7-8-15-17(4,13)14/h10H,7-9H2,1-6H3/t10-/m0/s1. The molecule has 0 aromatic rings. The van der Waals surface area contributed by atoms with Gasteiger partial charge in [0.05, 0.1) is 19.0 Å². The Bertz CT molecular complexity index is 349. The van der Waals surface area contributed by atoms with E-state index in [9.17, 15) is 8.42 Å². The second-order valence-corrected chi connectivity index (χ2v) is 12.7. The van der Waals surface area contributed by atoms with Crippen molar-refractivity contribution in [3.8, 4) is 0 Å². The van der Waals surface area contributed by atoms with E-state index < -0.39 is 18.4 Å². The van der Waals surface area contributed by atoms with Crippen molar-refractivity contribution in [2.45, 2.75) is 51.4 Å². The van der Waals surface area contributed by atoms with Gasteiger partial charge >= 0.3 is 0 Å². The van der Waals surface area contributed by atoms with Gasteiger partial charge in [-0.25, -0.2) is 0 Å². The third-order valence-corrected chi connectivity index (χ3v) is 8.65. The summed E-state index contributed by atoms with van der Waals surface area (Å²) in [4.78, 5) is 0. The predicted molar refractivity (Wildman–Crippen MR) is 78.2 cm³/mol. The second-order valence-electron chi connectivity index (χ2n) is 5.97. The van der Waals surface area contributed by atoms with E-state index in [0.717, 1.165) is 6.26 Å². The Morgan fingerprint density at radius 1 is 1.28 bits per heavy atom. The number of hydrogen-bond donors (Lipinski definition) is 0. The van der Waals surface area contributed by atoms with Crippen LogP contribution in [0.3, 0.4) is 0 Å². The van der Waals surface area contributed by atoms with Crippen molar-refractivity contribution in [1.29, 1.82) is 0 Å². The zero-order chi connectivity index (χ0) is 14.6. The average molecular weight is 317 g/mol. The van der Waals surface area contributed by atoms with E-state index >= 15 is 0 Å². The van der Waals surface area contributed by atoms with Gasteiger partial charge in [0.25, 0.3) is 10.1 Å². The van der Waals surface area contributed by atoms with Crippen LogP contribution in [0.25, 0.3) is 0 Å². The lowest BCUT2D eigenvalue weighted by molar-refractivity contribution is 0.166. The summed E-state index contributed by atoms with van der Waals surface area (Å²) in [5.74, 6) is 0.347. The van der Waals surface area contributed by atoms with E-state index in [4.69, 9.17) is 20.2 Å². The quantitative estimate of drug-likeness (QED) is 0.411. The van der Waals surface area contributed by atoms with Crippen molar-refractivity contribution in [3.05, 3.63) is 0 Å². The Morgan fingerprint density at radius 2 is 1.78 bits per heavy atom. The molecule has 0 aliphatic carbocycles. The van der Waals surface area contributed by atoms with Crippen LogP contribution in [0.1, 0.15) is 27.2 Å². The van der Waals surface area contributed by atoms with Crippen molar-refractivity contribution < 1.29 is 17.0 Å². The molecule has 0 saturated heterocycles. The van der Waals surface area contributed by atoms with Crippen LogP contribution < -0.4 is 0 Å². The van der Waals surface area contributed by atoms with E-state index in [-0.39, 0.29) is 17.7 Å². The zero-order valence-electron chi connectivity index (χ0n) is 12.1. The molecule has 0 spiro atoms. The Morgan fingerprint density at radius 3 is 2.11 bits per heavy atom. The maximum Gasteiger partial charge on any atom is 0.264 e. The summed E-state index contributed by atoms with van der Waals surface area (Å²) < 4.78 is 32.5. The average Bonchev–Trinajstić information content (AvgIpc) is 2.12. The predicted octanol–water partition coefficient (Wildman–Crippen LogP) is 2.98.